The fourth-order valence-electron chi connectivity index (χ4n) is 6.21. The SMILES string of the molecule is C=C(C)/C(C)=C(\CC)n1c(-c2ccccc2)ccc1-c1ccc(C)cc1.C=C(C)C=C(C)C.CC.CC.CCC.Cc1ccc(C2=CC=C(c3ccc(S)cc3)C2)cc1. The predicted molar refractivity (Wildman–Crippen MR) is 272 cm³/mol. The third-order valence-corrected chi connectivity index (χ3v) is 9.34. The number of thiol groups is 1. The van der Waals surface area contributed by atoms with Crippen molar-refractivity contribution in [2.24, 2.45) is 0 Å². The first-order valence-corrected chi connectivity index (χ1v) is 22.0. The Balaban J connectivity index is 0.000000460. The molecule has 1 aliphatic rings. The second kappa shape index (κ2) is 28.4. The van der Waals surface area contributed by atoms with Crippen LogP contribution >= 0.6 is 12.6 Å². The molecule has 6 rings (SSSR count). The van der Waals surface area contributed by atoms with Gasteiger partial charge in [0.05, 0.1) is 11.4 Å². The van der Waals surface area contributed by atoms with Crippen molar-refractivity contribution in [1.29, 1.82) is 0 Å². The van der Waals surface area contributed by atoms with Gasteiger partial charge in [-0.3, -0.25) is 0 Å². The summed E-state index contributed by atoms with van der Waals surface area (Å²) in [6, 6.07) is 40.9. The molecule has 0 atom stereocenters. The normalized spacial score (nSPS) is 11.3. The molecule has 59 heavy (non-hydrogen) atoms. The van der Waals surface area contributed by atoms with Crippen molar-refractivity contribution < 1.29 is 0 Å². The molecule has 0 radical (unpaired) electrons. The Morgan fingerprint density at radius 2 is 0.966 bits per heavy atom. The Kier molecular flexibility index (Phi) is 25.0. The summed E-state index contributed by atoms with van der Waals surface area (Å²) in [4.78, 5) is 1.01. The summed E-state index contributed by atoms with van der Waals surface area (Å²) in [6.07, 6.45) is 9.72. The monoisotopic (exact) mass is 806 g/mol. The lowest BCUT2D eigenvalue weighted by Crippen LogP contribution is -2.04. The van der Waals surface area contributed by atoms with E-state index in [2.05, 4.69) is 214 Å². The van der Waals surface area contributed by atoms with E-state index in [9.17, 15) is 0 Å². The van der Waals surface area contributed by atoms with Crippen molar-refractivity contribution in [3.05, 3.63) is 191 Å². The van der Waals surface area contributed by atoms with E-state index in [4.69, 9.17) is 0 Å². The van der Waals surface area contributed by atoms with Gasteiger partial charge in [0.2, 0.25) is 0 Å². The van der Waals surface area contributed by atoms with Gasteiger partial charge in [-0.25, -0.2) is 0 Å². The van der Waals surface area contributed by atoms with Gasteiger partial charge in [0, 0.05) is 10.6 Å². The van der Waals surface area contributed by atoms with Crippen LogP contribution in [0.1, 0.15) is 125 Å². The second-order valence-electron chi connectivity index (χ2n) is 14.6. The number of hydrogen-bond acceptors (Lipinski definition) is 1. The van der Waals surface area contributed by atoms with Gasteiger partial charge in [0.15, 0.2) is 0 Å². The average molecular weight is 806 g/mol. The first kappa shape index (κ1) is 52.0. The lowest BCUT2D eigenvalue weighted by atomic mass is 9.98. The summed E-state index contributed by atoms with van der Waals surface area (Å²) in [7, 11) is 0. The molecular weight excluding hydrogens is 731 g/mol. The molecule has 314 valence electrons. The van der Waals surface area contributed by atoms with Crippen molar-refractivity contribution in [1.82, 2.24) is 4.57 Å². The van der Waals surface area contributed by atoms with Crippen molar-refractivity contribution in [2.45, 2.75) is 121 Å². The maximum atomic E-state index is 4.33. The molecule has 1 aromatic heterocycles. The first-order chi connectivity index (χ1) is 28.3. The van der Waals surface area contributed by atoms with Gasteiger partial charge in [-0.05, 0) is 125 Å². The van der Waals surface area contributed by atoms with Gasteiger partial charge in [-0.2, -0.15) is 0 Å². The summed E-state index contributed by atoms with van der Waals surface area (Å²) >= 11 is 4.33. The van der Waals surface area contributed by atoms with Gasteiger partial charge in [0.25, 0.3) is 0 Å². The molecule has 1 heterocycles. The Hall–Kier alpha value is -5.05. The molecule has 0 amide bonds. The lowest BCUT2D eigenvalue weighted by Gasteiger charge is -2.20. The van der Waals surface area contributed by atoms with Gasteiger partial charge >= 0.3 is 0 Å². The van der Waals surface area contributed by atoms with Crippen LogP contribution in [0, 0.1) is 13.8 Å². The van der Waals surface area contributed by atoms with E-state index in [1.54, 1.807) is 0 Å². The molecule has 0 saturated carbocycles. The molecule has 0 unspecified atom stereocenters. The highest BCUT2D eigenvalue weighted by atomic mass is 32.1. The van der Waals surface area contributed by atoms with Crippen molar-refractivity contribution >= 4 is 29.5 Å². The minimum Gasteiger partial charge on any atom is -0.313 e. The molecule has 1 nitrogen and oxygen atoms in total. The largest absolute Gasteiger partial charge is 0.313 e. The number of nitrogens with zero attached hydrogens (tertiary/aromatic N) is 1. The molecule has 2 heteroatoms. The molecule has 0 fully saturated rings. The van der Waals surface area contributed by atoms with Crippen LogP contribution in [-0.2, 0) is 0 Å². The highest BCUT2D eigenvalue weighted by Gasteiger charge is 2.16. The summed E-state index contributed by atoms with van der Waals surface area (Å²) in [5.74, 6) is 0. The fraction of sp³-hybridized carbons (Fsp3) is 0.298. The molecule has 5 aromatic rings. The lowest BCUT2D eigenvalue weighted by molar-refractivity contribution is 1.01. The third kappa shape index (κ3) is 17.4. The Morgan fingerprint density at radius 3 is 1.32 bits per heavy atom. The van der Waals surface area contributed by atoms with Gasteiger partial charge in [-0.1, -0.05) is 205 Å². The molecular formula is C57H75NS. The van der Waals surface area contributed by atoms with E-state index >= 15 is 0 Å². The van der Waals surface area contributed by atoms with E-state index in [0.29, 0.717) is 0 Å². The molecule has 1 aliphatic carbocycles. The average Bonchev–Trinajstić information content (AvgIpc) is 3.90. The zero-order valence-electron chi connectivity index (χ0n) is 39.1. The summed E-state index contributed by atoms with van der Waals surface area (Å²) in [6.45, 7) is 37.0. The van der Waals surface area contributed by atoms with Crippen LogP contribution in [-0.4, -0.2) is 4.57 Å². The van der Waals surface area contributed by atoms with Crippen LogP contribution in [0.2, 0.25) is 0 Å². The number of allylic oxidation sites excluding steroid dienone is 10. The number of benzene rings is 4. The van der Waals surface area contributed by atoms with E-state index in [1.807, 2.05) is 46.8 Å². The highest BCUT2D eigenvalue weighted by molar-refractivity contribution is 7.80. The van der Waals surface area contributed by atoms with Crippen molar-refractivity contribution in [2.75, 3.05) is 0 Å². The predicted octanol–water partition coefficient (Wildman–Crippen LogP) is 18.5. The van der Waals surface area contributed by atoms with Crippen LogP contribution in [0.25, 0.3) is 39.4 Å². The zero-order valence-corrected chi connectivity index (χ0v) is 40.0. The van der Waals surface area contributed by atoms with E-state index in [-0.39, 0.29) is 0 Å². The molecule has 4 aromatic carbocycles. The minimum absolute atomic E-state index is 0.950. The standard InChI is InChI=1S/C25H27N.C18H16S.C7H12.C3H8.2C2H6/c1-6-23(20(5)18(2)3)26-24(21-10-8-7-9-11-21)16-17-25(26)22-14-12-19(4)13-15-22;1-13-2-4-14(5-3-13)16-6-7-17(12-16)15-8-10-18(19)11-9-15;1-6(2)5-7(3)4;1-3-2;2*1-2/h7-17H,2,6H2,1,3-5H3;2-11,19H,12H2,1H3;5H,1H2,2-4H3;3H2,1-2H3;2*1-2H3/b23-20+;;;;;. The molecule has 0 aliphatic heterocycles. The summed E-state index contributed by atoms with van der Waals surface area (Å²) < 4.78 is 2.41. The number of aryl methyl sites for hydroxylation is 2. The van der Waals surface area contributed by atoms with E-state index in [0.717, 1.165) is 28.9 Å². The van der Waals surface area contributed by atoms with Crippen LogP contribution in [0.15, 0.2) is 174 Å². The van der Waals surface area contributed by atoms with Gasteiger partial charge in [0.1, 0.15) is 0 Å². The van der Waals surface area contributed by atoms with Crippen LogP contribution in [0.4, 0.5) is 0 Å². The zero-order chi connectivity index (χ0) is 44.5. The smallest absolute Gasteiger partial charge is 0.0531 e. The van der Waals surface area contributed by atoms with E-state index in [1.165, 1.54) is 79.2 Å². The molecule has 0 N–H and O–H groups in total. The summed E-state index contributed by atoms with van der Waals surface area (Å²) in [5, 5.41) is 0. The number of aromatic nitrogens is 1. The Labute approximate surface area is 367 Å². The molecule has 0 spiro atoms. The van der Waals surface area contributed by atoms with Crippen LogP contribution in [0.3, 0.4) is 0 Å². The van der Waals surface area contributed by atoms with Crippen LogP contribution < -0.4 is 0 Å². The van der Waals surface area contributed by atoms with Crippen LogP contribution in [0.5, 0.6) is 0 Å². The maximum absolute atomic E-state index is 4.33. The van der Waals surface area contributed by atoms with Gasteiger partial charge < -0.3 is 4.57 Å². The first-order valence-electron chi connectivity index (χ1n) is 21.6. The second-order valence-corrected chi connectivity index (χ2v) is 15.1. The third-order valence-electron chi connectivity index (χ3n) is 9.04. The summed E-state index contributed by atoms with van der Waals surface area (Å²) in [5.41, 5.74) is 19.0. The highest BCUT2D eigenvalue weighted by Crippen LogP contribution is 2.36. The molecule has 0 bridgehead atoms. The Bertz CT molecular complexity index is 2050. The fourth-order valence-corrected chi connectivity index (χ4v) is 6.35. The minimum atomic E-state index is 0.950. The topological polar surface area (TPSA) is 4.93 Å². The van der Waals surface area contributed by atoms with E-state index < -0.39 is 0 Å². The quantitative estimate of drug-likeness (QED) is 0.118. The molecule has 0 saturated heterocycles. The maximum Gasteiger partial charge on any atom is 0.0531 e. The van der Waals surface area contributed by atoms with Crippen molar-refractivity contribution in [3.63, 3.8) is 0 Å². The Morgan fingerprint density at radius 1 is 0.576 bits per heavy atom. The number of rotatable bonds is 8. The number of hydrogen-bond donors (Lipinski definition) is 1. The van der Waals surface area contributed by atoms with Crippen molar-refractivity contribution in [3.8, 4) is 22.5 Å². The van der Waals surface area contributed by atoms with Gasteiger partial charge in [-0.15, -0.1) is 12.6 Å².